The van der Waals surface area contributed by atoms with Crippen LogP contribution in [0.1, 0.15) is 22.5 Å². The summed E-state index contributed by atoms with van der Waals surface area (Å²) < 4.78 is 11.9. The summed E-state index contributed by atoms with van der Waals surface area (Å²) in [6, 6.07) is 39.5. The van der Waals surface area contributed by atoms with Crippen LogP contribution in [-0.4, -0.2) is 16.3 Å². The number of nitrogens with zero attached hydrogens (tertiary/aromatic N) is 2. The molecule has 40 heavy (non-hydrogen) atoms. The van der Waals surface area contributed by atoms with E-state index in [0.29, 0.717) is 13.2 Å². The van der Waals surface area contributed by atoms with Gasteiger partial charge in [-0.15, -0.1) is 0 Å². The molecule has 0 radical (unpaired) electrons. The summed E-state index contributed by atoms with van der Waals surface area (Å²) in [6.45, 7) is 0.745. The lowest BCUT2D eigenvalue weighted by Crippen LogP contribution is -1.99. The highest BCUT2D eigenvalue weighted by molar-refractivity contribution is 5.89. The normalized spacial score (nSPS) is 10.8. The van der Waals surface area contributed by atoms with Gasteiger partial charge in [-0.2, -0.15) is 0 Å². The summed E-state index contributed by atoms with van der Waals surface area (Å²) >= 11 is 0. The Labute approximate surface area is 232 Å². The molecule has 4 aromatic carbocycles. The Bertz CT molecular complexity index is 1680. The van der Waals surface area contributed by atoms with Crippen molar-refractivity contribution < 1.29 is 14.3 Å². The van der Waals surface area contributed by atoms with Gasteiger partial charge in [-0.1, -0.05) is 72.8 Å². The standard InChI is InChI=1S/C35H26N2O3/c38-22-21-33(25-11-17-31(18-12-25)39-23-29-15-9-27-5-1-3-7-34(27)36-29)26-13-19-32(20-14-26)40-24-30-16-10-28-6-2-4-8-35(28)37-30/h1-22H,23-24H2. The number of aromatic nitrogens is 2. The molecule has 5 heteroatoms. The minimum absolute atomic E-state index is 0.372. The number of hydrogen-bond donors (Lipinski definition) is 0. The molecule has 0 unspecified atom stereocenters. The Balaban J connectivity index is 1.10. The maximum absolute atomic E-state index is 11.5. The number of fused-ring (bicyclic) bond motifs is 2. The second-order valence-electron chi connectivity index (χ2n) is 9.33. The second kappa shape index (κ2) is 11.6. The largest absolute Gasteiger partial charge is 0.487 e. The maximum Gasteiger partial charge on any atom is 0.143 e. The quantitative estimate of drug-likeness (QED) is 0.145. The number of para-hydroxylation sites is 2. The van der Waals surface area contributed by atoms with Gasteiger partial charge in [0.25, 0.3) is 0 Å². The monoisotopic (exact) mass is 522 g/mol. The van der Waals surface area contributed by atoms with Crippen molar-refractivity contribution in [2.45, 2.75) is 13.2 Å². The van der Waals surface area contributed by atoms with Crippen molar-refractivity contribution >= 4 is 33.7 Å². The lowest BCUT2D eigenvalue weighted by molar-refractivity contribution is -0.104. The van der Waals surface area contributed by atoms with Gasteiger partial charge in [0.15, 0.2) is 0 Å². The highest BCUT2D eigenvalue weighted by Crippen LogP contribution is 2.27. The van der Waals surface area contributed by atoms with Crippen LogP contribution >= 0.6 is 0 Å². The van der Waals surface area contributed by atoms with Crippen molar-refractivity contribution in [3.8, 4) is 11.5 Å². The molecule has 0 atom stereocenters. The van der Waals surface area contributed by atoms with E-state index in [2.05, 4.69) is 22.1 Å². The first-order chi connectivity index (χ1) is 19.7. The van der Waals surface area contributed by atoms with Crippen molar-refractivity contribution in [2.75, 3.05) is 0 Å². The zero-order chi connectivity index (χ0) is 27.1. The van der Waals surface area contributed by atoms with Gasteiger partial charge in [0.05, 0.1) is 22.4 Å². The van der Waals surface area contributed by atoms with E-state index in [1.165, 1.54) is 0 Å². The van der Waals surface area contributed by atoms with Gasteiger partial charge >= 0.3 is 0 Å². The third-order valence-corrected chi connectivity index (χ3v) is 6.65. The zero-order valence-corrected chi connectivity index (χ0v) is 21.7. The average Bonchev–Trinajstić information content (AvgIpc) is 3.02. The summed E-state index contributed by atoms with van der Waals surface area (Å²) in [4.78, 5) is 20.8. The van der Waals surface area contributed by atoms with Crippen LogP contribution in [0.15, 0.2) is 127 Å². The third-order valence-electron chi connectivity index (χ3n) is 6.65. The van der Waals surface area contributed by atoms with Gasteiger partial charge in [0.2, 0.25) is 0 Å². The number of benzene rings is 4. The Morgan fingerprint density at radius 1 is 0.550 bits per heavy atom. The molecule has 0 saturated heterocycles. The summed E-state index contributed by atoms with van der Waals surface area (Å²) in [5, 5.41) is 2.21. The van der Waals surface area contributed by atoms with Gasteiger partial charge in [0.1, 0.15) is 31.0 Å². The van der Waals surface area contributed by atoms with Crippen LogP contribution in [0.25, 0.3) is 27.4 Å². The molecule has 0 fully saturated rings. The molecule has 0 aliphatic heterocycles. The lowest BCUT2D eigenvalue weighted by Gasteiger charge is -2.11. The number of allylic oxidation sites excluding steroid dienone is 1. The molecule has 0 amide bonds. The Morgan fingerprint density at radius 2 is 1.00 bits per heavy atom. The average molecular weight is 523 g/mol. The molecule has 0 spiro atoms. The smallest absolute Gasteiger partial charge is 0.143 e. The molecule has 0 aliphatic carbocycles. The summed E-state index contributed by atoms with van der Waals surface area (Å²) in [5.41, 5.74) is 6.27. The van der Waals surface area contributed by atoms with Crippen LogP contribution in [0, 0.1) is 0 Å². The number of pyridine rings is 2. The molecule has 5 nitrogen and oxygen atoms in total. The summed E-state index contributed by atoms with van der Waals surface area (Å²) in [7, 11) is 0. The fourth-order valence-corrected chi connectivity index (χ4v) is 4.58. The van der Waals surface area contributed by atoms with E-state index in [1.54, 1.807) is 6.08 Å². The molecular weight excluding hydrogens is 496 g/mol. The molecule has 6 aromatic rings. The van der Waals surface area contributed by atoms with Crippen molar-refractivity contribution in [1.82, 2.24) is 9.97 Å². The Kier molecular flexibility index (Phi) is 7.27. The molecule has 0 N–H and O–H groups in total. The molecule has 194 valence electrons. The van der Waals surface area contributed by atoms with Crippen LogP contribution in [0.4, 0.5) is 0 Å². The molecule has 2 aromatic heterocycles. The van der Waals surface area contributed by atoms with E-state index in [4.69, 9.17) is 9.47 Å². The fraction of sp³-hybridized carbons (Fsp3) is 0.0571. The van der Waals surface area contributed by atoms with Crippen LogP contribution in [-0.2, 0) is 18.0 Å². The Hall–Kier alpha value is -5.29. The Morgan fingerprint density at radius 3 is 1.45 bits per heavy atom. The van der Waals surface area contributed by atoms with E-state index in [0.717, 1.165) is 67.7 Å². The summed E-state index contributed by atoms with van der Waals surface area (Å²) in [5.74, 6) is 1.46. The highest BCUT2D eigenvalue weighted by atomic mass is 16.5. The predicted molar refractivity (Wildman–Crippen MR) is 158 cm³/mol. The number of aldehydes is 1. The van der Waals surface area contributed by atoms with Crippen LogP contribution in [0.3, 0.4) is 0 Å². The SMILES string of the molecule is O=CC=C(c1ccc(OCc2ccc3ccccc3n2)cc1)c1ccc(OCc2ccc3ccccc3n2)cc1. The first-order valence-electron chi connectivity index (χ1n) is 13.1. The van der Waals surface area contributed by atoms with Gasteiger partial charge in [-0.25, -0.2) is 9.97 Å². The first kappa shape index (κ1) is 25.0. The number of rotatable bonds is 9. The third kappa shape index (κ3) is 5.74. The van der Waals surface area contributed by atoms with E-state index >= 15 is 0 Å². The van der Waals surface area contributed by atoms with Crippen molar-refractivity contribution in [1.29, 1.82) is 0 Å². The van der Waals surface area contributed by atoms with E-state index in [9.17, 15) is 4.79 Å². The molecule has 0 bridgehead atoms. The zero-order valence-electron chi connectivity index (χ0n) is 21.7. The fourth-order valence-electron chi connectivity index (χ4n) is 4.58. The molecule has 2 heterocycles. The minimum Gasteiger partial charge on any atom is -0.487 e. The van der Waals surface area contributed by atoms with Gasteiger partial charge in [-0.05, 0) is 71.3 Å². The first-order valence-corrected chi connectivity index (χ1v) is 13.1. The van der Waals surface area contributed by atoms with Gasteiger partial charge in [-0.3, -0.25) is 4.79 Å². The topological polar surface area (TPSA) is 61.3 Å². The number of hydrogen-bond acceptors (Lipinski definition) is 5. The van der Waals surface area contributed by atoms with E-state index in [-0.39, 0.29) is 0 Å². The summed E-state index contributed by atoms with van der Waals surface area (Å²) in [6.07, 6.45) is 2.38. The van der Waals surface area contributed by atoms with Crippen LogP contribution < -0.4 is 9.47 Å². The maximum atomic E-state index is 11.5. The minimum atomic E-state index is 0.372. The molecule has 0 aliphatic rings. The van der Waals surface area contributed by atoms with Gasteiger partial charge in [0, 0.05) is 10.8 Å². The van der Waals surface area contributed by atoms with Gasteiger partial charge < -0.3 is 9.47 Å². The lowest BCUT2D eigenvalue weighted by atomic mass is 9.97. The van der Waals surface area contributed by atoms with Crippen LogP contribution in [0.2, 0.25) is 0 Å². The number of carbonyl (C=O) groups is 1. The number of ether oxygens (including phenoxy) is 2. The van der Waals surface area contributed by atoms with Crippen LogP contribution in [0.5, 0.6) is 11.5 Å². The molecule has 6 rings (SSSR count). The predicted octanol–water partition coefficient (Wildman–Crippen LogP) is 7.57. The van der Waals surface area contributed by atoms with Crippen molar-refractivity contribution in [2.24, 2.45) is 0 Å². The van der Waals surface area contributed by atoms with E-state index in [1.807, 2.05) is 109 Å². The number of carbonyl (C=O) groups excluding carboxylic acids is 1. The van der Waals surface area contributed by atoms with Crippen molar-refractivity contribution in [3.05, 3.63) is 150 Å². The second-order valence-corrected chi connectivity index (χ2v) is 9.33. The highest BCUT2D eigenvalue weighted by Gasteiger charge is 2.08. The van der Waals surface area contributed by atoms with E-state index < -0.39 is 0 Å². The van der Waals surface area contributed by atoms with Crippen molar-refractivity contribution in [3.63, 3.8) is 0 Å². The molecule has 0 saturated carbocycles. The molecular formula is C35H26N2O3.